The average Bonchev–Trinajstić information content (AvgIpc) is 3.42. The molecular weight excluding hydrogens is 692 g/mol. The molecule has 4 aliphatic heterocycles. The van der Waals surface area contributed by atoms with E-state index in [0.717, 1.165) is 29.1 Å². The van der Waals surface area contributed by atoms with Gasteiger partial charge in [-0.15, -0.1) is 0 Å². The number of esters is 1. The van der Waals surface area contributed by atoms with Gasteiger partial charge >= 0.3 is 5.97 Å². The molecule has 7 N–H and O–H groups in total. The largest absolute Gasteiger partial charge is 0.507 e. The van der Waals surface area contributed by atoms with Crippen LogP contribution in [0.15, 0.2) is 74.1 Å². The molecule has 0 saturated carbocycles. The van der Waals surface area contributed by atoms with Crippen LogP contribution in [-0.2, 0) is 33.7 Å². The molecule has 54 heavy (non-hydrogen) atoms. The Balaban J connectivity index is 0.970. The number of pyridine rings is 2. The summed E-state index contributed by atoms with van der Waals surface area (Å²) in [7, 11) is 0. The van der Waals surface area contributed by atoms with Gasteiger partial charge in [0, 0.05) is 48.1 Å². The van der Waals surface area contributed by atoms with Gasteiger partial charge in [-0.1, -0.05) is 0 Å². The highest BCUT2D eigenvalue weighted by Gasteiger charge is 2.63. The predicted molar refractivity (Wildman–Crippen MR) is 200 cm³/mol. The number of hydrogen-bond donors (Lipinski definition) is 5. The van der Waals surface area contributed by atoms with Gasteiger partial charge < -0.3 is 40.3 Å². The standard InChI is InChI=1S/C40H42N6O8/c1-21-11-29(48)36-31(51-21)17-30-26(37(36)49)16-33(39(2,3)53-30)52-38(50)40(8-4-10-47)32(54-40)6-5-22-12-27(45-34(41)13-22)24-14-25(44-35(42)15-24)19-46-18-23-7-9-43-28(23)20-46/h7,9,11-15,17,20,32-33,47,49H,4-6,8,10,16,18-19H2,1-3H3,(H2,41,45)(H2,42,44)/p+1/t32-,33-,40-/m1/s1. The van der Waals surface area contributed by atoms with Crippen molar-refractivity contribution in [2.75, 3.05) is 24.6 Å². The zero-order chi connectivity index (χ0) is 37.9. The Labute approximate surface area is 310 Å². The predicted octanol–water partition coefficient (Wildman–Crippen LogP) is 2.85. The minimum absolute atomic E-state index is 0.0435. The van der Waals surface area contributed by atoms with Crippen LogP contribution in [0, 0.1) is 6.92 Å². The number of nitrogens with one attached hydrogen (secondary N) is 1. The lowest BCUT2D eigenvalue weighted by Gasteiger charge is -2.39. The number of aromatic hydroxyl groups is 1. The number of nitrogen functional groups attached to an aromatic ring is 2. The van der Waals surface area contributed by atoms with Crippen molar-refractivity contribution in [2.24, 2.45) is 4.99 Å². The number of fused-ring (bicyclic) bond motifs is 3. The number of aliphatic hydroxyl groups excluding tert-OH is 1. The molecule has 4 aromatic rings. The number of aliphatic imine (C=N–C) groups is 1. The van der Waals surface area contributed by atoms with Gasteiger partial charge in [-0.3, -0.25) is 14.7 Å². The summed E-state index contributed by atoms with van der Waals surface area (Å²) < 4.78 is 24.2. The van der Waals surface area contributed by atoms with E-state index in [1.165, 1.54) is 16.5 Å². The molecule has 7 heterocycles. The summed E-state index contributed by atoms with van der Waals surface area (Å²) in [6.07, 6.45) is 6.37. The SMILES string of the molecule is Cc1cc(=O)c2c(O)c3c(cc2o1)OC(C)(C)[C@H](OC(=O)[C@]1(CCCO)O[C@@H]1CCc1cc(N)nc(-c2cc(N)nc(C[NH+]4C=C5N=CC=C5C4)c2)c1)C3. The molecule has 4 aliphatic rings. The number of allylic oxidation sites excluding steroid dienone is 1. The van der Waals surface area contributed by atoms with E-state index in [4.69, 9.17) is 30.1 Å². The van der Waals surface area contributed by atoms with Crippen LogP contribution in [0.1, 0.15) is 55.7 Å². The third kappa shape index (κ3) is 6.61. The summed E-state index contributed by atoms with van der Waals surface area (Å²) in [4.78, 5) is 41.5. The van der Waals surface area contributed by atoms with Crippen LogP contribution in [0.25, 0.3) is 22.2 Å². The molecule has 1 saturated heterocycles. The number of nitrogens with zero attached hydrogens (tertiary/aromatic N) is 3. The number of rotatable bonds is 11. The van der Waals surface area contributed by atoms with E-state index in [2.05, 4.69) is 21.2 Å². The van der Waals surface area contributed by atoms with Crippen LogP contribution in [0.2, 0.25) is 0 Å². The molecule has 1 unspecified atom stereocenters. The first-order chi connectivity index (χ1) is 25.8. The van der Waals surface area contributed by atoms with Crippen LogP contribution in [-0.4, -0.2) is 68.9 Å². The van der Waals surface area contributed by atoms with Crippen LogP contribution in [0.5, 0.6) is 11.5 Å². The van der Waals surface area contributed by atoms with E-state index < -0.39 is 29.4 Å². The molecular formula is C40H43N6O8+. The number of aromatic nitrogens is 2. The maximum atomic E-state index is 14.0. The van der Waals surface area contributed by atoms with Crippen molar-refractivity contribution < 1.29 is 38.5 Å². The van der Waals surface area contributed by atoms with E-state index in [9.17, 15) is 19.8 Å². The lowest BCUT2D eigenvalue weighted by Crippen LogP contribution is -3.04. The van der Waals surface area contributed by atoms with E-state index in [1.54, 1.807) is 39.0 Å². The fourth-order valence-corrected chi connectivity index (χ4v) is 7.82. The minimum atomic E-state index is -1.26. The summed E-state index contributed by atoms with van der Waals surface area (Å²) in [6.45, 7) is 6.59. The first-order valence-electron chi connectivity index (χ1n) is 18.1. The van der Waals surface area contributed by atoms with Crippen molar-refractivity contribution in [2.45, 2.75) is 82.8 Å². The van der Waals surface area contributed by atoms with Crippen LogP contribution in [0.3, 0.4) is 0 Å². The van der Waals surface area contributed by atoms with Crippen LogP contribution < -0.4 is 26.5 Å². The highest BCUT2D eigenvalue weighted by atomic mass is 16.7. The van der Waals surface area contributed by atoms with Gasteiger partial charge in [-0.05, 0) is 82.4 Å². The van der Waals surface area contributed by atoms with Crippen molar-refractivity contribution in [3.05, 3.63) is 92.7 Å². The van der Waals surface area contributed by atoms with Gasteiger partial charge in [0.2, 0.25) is 0 Å². The van der Waals surface area contributed by atoms with Crippen molar-refractivity contribution >= 4 is 34.8 Å². The number of phenols is 1. The van der Waals surface area contributed by atoms with Crippen molar-refractivity contribution in [3.8, 4) is 22.8 Å². The summed E-state index contributed by atoms with van der Waals surface area (Å²) >= 11 is 0. The first kappa shape index (κ1) is 35.5. The highest BCUT2D eigenvalue weighted by molar-refractivity contribution is 5.87. The van der Waals surface area contributed by atoms with Crippen molar-refractivity contribution in [3.63, 3.8) is 0 Å². The minimum Gasteiger partial charge on any atom is -0.507 e. The van der Waals surface area contributed by atoms with Gasteiger partial charge in [-0.25, -0.2) is 14.8 Å². The van der Waals surface area contributed by atoms with Crippen molar-refractivity contribution in [1.29, 1.82) is 0 Å². The Kier molecular flexibility index (Phi) is 8.78. The Morgan fingerprint density at radius 3 is 2.72 bits per heavy atom. The van der Waals surface area contributed by atoms with Crippen LogP contribution >= 0.6 is 0 Å². The summed E-state index contributed by atoms with van der Waals surface area (Å²) in [5.74, 6) is 0.659. The van der Waals surface area contributed by atoms with Gasteiger partial charge in [0.25, 0.3) is 0 Å². The number of anilines is 2. The average molecular weight is 736 g/mol. The number of epoxide rings is 1. The summed E-state index contributed by atoms with van der Waals surface area (Å²) in [6, 6.07) is 10.4. The molecule has 0 spiro atoms. The zero-order valence-electron chi connectivity index (χ0n) is 30.3. The second-order valence-electron chi connectivity index (χ2n) is 15.0. The molecule has 8 rings (SSSR count). The zero-order valence-corrected chi connectivity index (χ0v) is 30.3. The number of benzene rings is 1. The molecule has 0 radical (unpaired) electrons. The number of aliphatic hydroxyl groups is 1. The van der Waals surface area contributed by atoms with Gasteiger partial charge in [0.05, 0.1) is 17.5 Å². The summed E-state index contributed by atoms with van der Waals surface area (Å²) in [5.41, 5.74) is 15.9. The fourth-order valence-electron chi connectivity index (χ4n) is 7.82. The summed E-state index contributed by atoms with van der Waals surface area (Å²) in [5, 5.41) is 20.9. The maximum Gasteiger partial charge on any atom is 0.341 e. The number of hydrogen-bond acceptors (Lipinski definition) is 13. The number of ether oxygens (including phenoxy) is 3. The second kappa shape index (κ2) is 13.4. The Morgan fingerprint density at radius 1 is 1.11 bits per heavy atom. The number of carbonyl (C=O) groups excluding carboxylic acids is 1. The number of quaternary nitrogens is 1. The topological polar surface area (TPSA) is 213 Å². The van der Waals surface area contributed by atoms with Crippen molar-refractivity contribution in [1.82, 2.24) is 9.97 Å². The highest BCUT2D eigenvalue weighted by Crippen LogP contribution is 2.47. The molecule has 4 atom stereocenters. The number of carbonyl (C=O) groups is 1. The molecule has 1 fully saturated rings. The third-order valence-corrected chi connectivity index (χ3v) is 10.6. The molecule has 14 nitrogen and oxygen atoms in total. The molecule has 14 heteroatoms. The van der Waals surface area contributed by atoms with E-state index in [-0.39, 0.29) is 41.6 Å². The lowest BCUT2D eigenvalue weighted by atomic mass is 9.89. The Morgan fingerprint density at radius 2 is 1.93 bits per heavy atom. The van der Waals surface area contributed by atoms with E-state index in [1.807, 2.05) is 24.4 Å². The second-order valence-corrected chi connectivity index (χ2v) is 15.0. The monoisotopic (exact) mass is 735 g/mol. The fraction of sp³-hybridized carbons (Fsp3) is 0.375. The third-order valence-electron chi connectivity index (χ3n) is 10.6. The number of aryl methyl sites for hydroxylation is 2. The number of phenolic OH excluding ortho intramolecular Hbond substituents is 1. The molecule has 280 valence electrons. The molecule has 0 amide bonds. The number of nitrogens with two attached hydrogens (primary N) is 2. The quantitative estimate of drug-likeness (QED) is 0.111. The van der Waals surface area contributed by atoms with Crippen LogP contribution in [0.4, 0.5) is 11.6 Å². The molecule has 1 aromatic carbocycles. The van der Waals surface area contributed by atoms with E-state index in [0.29, 0.717) is 60.2 Å². The normalized spacial score (nSPS) is 23.4. The molecule has 0 aliphatic carbocycles. The van der Waals surface area contributed by atoms with Gasteiger partial charge in [0.15, 0.2) is 11.0 Å². The Bertz CT molecular complexity index is 2350. The van der Waals surface area contributed by atoms with E-state index >= 15 is 0 Å². The maximum absolute atomic E-state index is 14.0. The van der Waals surface area contributed by atoms with Gasteiger partial charge in [-0.2, -0.15) is 0 Å². The lowest BCUT2D eigenvalue weighted by molar-refractivity contribution is -0.852. The molecule has 0 bridgehead atoms. The Hall–Kier alpha value is -5.57. The first-order valence-corrected chi connectivity index (χ1v) is 18.1. The smallest absolute Gasteiger partial charge is 0.341 e. The van der Waals surface area contributed by atoms with Gasteiger partial charge in [0.1, 0.15) is 76.6 Å². The molecule has 3 aromatic heterocycles.